The molecule has 1 aromatic heterocycles. The van der Waals surface area contributed by atoms with Crippen molar-refractivity contribution < 1.29 is 4.79 Å². The van der Waals surface area contributed by atoms with Crippen LogP contribution in [0.1, 0.15) is 18.7 Å². The highest BCUT2D eigenvalue weighted by Gasteiger charge is 2.24. The molecule has 5 heteroatoms. The Labute approximate surface area is 131 Å². The van der Waals surface area contributed by atoms with Gasteiger partial charge in [0, 0.05) is 13.1 Å². The third-order valence-corrected chi connectivity index (χ3v) is 4.50. The first-order valence-electron chi connectivity index (χ1n) is 8.03. The van der Waals surface area contributed by atoms with Crippen molar-refractivity contribution in [2.45, 2.75) is 26.3 Å². The second-order valence-electron chi connectivity index (χ2n) is 6.14. The fourth-order valence-corrected chi connectivity index (χ4v) is 3.38. The lowest BCUT2D eigenvalue weighted by Crippen LogP contribution is -2.43. The van der Waals surface area contributed by atoms with E-state index in [1.807, 2.05) is 47.7 Å². The molecule has 0 spiro atoms. The van der Waals surface area contributed by atoms with Crippen molar-refractivity contribution in [3.05, 3.63) is 30.1 Å². The number of benzene rings is 1. The van der Waals surface area contributed by atoms with Crippen LogP contribution in [0, 0.1) is 12.8 Å². The van der Waals surface area contributed by atoms with Gasteiger partial charge in [0.25, 0.3) is 0 Å². The summed E-state index contributed by atoms with van der Waals surface area (Å²) in [7, 11) is 1.97. The van der Waals surface area contributed by atoms with Crippen molar-refractivity contribution in [1.29, 1.82) is 0 Å². The number of nitrogens with zero attached hydrogens (tertiary/aromatic N) is 3. The van der Waals surface area contributed by atoms with Gasteiger partial charge in [-0.05, 0) is 51.4 Å². The smallest absolute Gasteiger partial charge is 0.242 e. The zero-order chi connectivity index (χ0) is 15.5. The molecule has 0 aliphatic carbocycles. The topological polar surface area (TPSA) is 50.2 Å². The van der Waals surface area contributed by atoms with E-state index in [0.29, 0.717) is 12.5 Å². The number of nitrogens with one attached hydrogen (secondary N) is 1. The Bertz CT molecular complexity index is 662. The van der Waals surface area contributed by atoms with E-state index in [-0.39, 0.29) is 5.91 Å². The fourth-order valence-electron chi connectivity index (χ4n) is 3.38. The zero-order valence-electron chi connectivity index (χ0n) is 13.4. The van der Waals surface area contributed by atoms with Crippen LogP contribution in [-0.4, -0.2) is 47.0 Å². The standard InChI is InChI=1S/C17H24N4O/c1-13-19-15-7-3-4-8-16(15)21(13)12-17(22)20-9-5-6-14(11-20)10-18-2/h3-4,7-8,14,18H,5-6,9-12H2,1-2H3. The Morgan fingerprint density at radius 2 is 2.23 bits per heavy atom. The van der Waals surface area contributed by atoms with Gasteiger partial charge in [-0.3, -0.25) is 4.79 Å². The SMILES string of the molecule is CNCC1CCCN(C(=O)Cn2c(C)nc3ccccc32)C1. The molecule has 1 unspecified atom stereocenters. The molecule has 1 aliphatic heterocycles. The maximum Gasteiger partial charge on any atom is 0.242 e. The average molecular weight is 300 g/mol. The number of likely N-dealkylation sites (tertiary alicyclic amines) is 1. The Hall–Kier alpha value is -1.88. The summed E-state index contributed by atoms with van der Waals surface area (Å²) in [5.74, 6) is 1.67. The van der Waals surface area contributed by atoms with Gasteiger partial charge >= 0.3 is 0 Å². The minimum Gasteiger partial charge on any atom is -0.341 e. The number of carbonyl (C=O) groups is 1. The van der Waals surface area contributed by atoms with Gasteiger partial charge in [0.15, 0.2) is 0 Å². The molecule has 1 amide bonds. The van der Waals surface area contributed by atoms with E-state index in [1.54, 1.807) is 0 Å². The van der Waals surface area contributed by atoms with Gasteiger partial charge in [-0.1, -0.05) is 12.1 Å². The maximum atomic E-state index is 12.7. The van der Waals surface area contributed by atoms with E-state index in [0.717, 1.165) is 42.9 Å². The minimum absolute atomic E-state index is 0.201. The van der Waals surface area contributed by atoms with Crippen LogP contribution in [-0.2, 0) is 11.3 Å². The van der Waals surface area contributed by atoms with Crippen molar-refractivity contribution in [2.24, 2.45) is 5.92 Å². The molecule has 1 aliphatic rings. The number of amides is 1. The number of hydrogen-bond acceptors (Lipinski definition) is 3. The van der Waals surface area contributed by atoms with Crippen LogP contribution in [0.25, 0.3) is 11.0 Å². The van der Waals surface area contributed by atoms with Gasteiger partial charge in [-0.2, -0.15) is 0 Å². The predicted octanol–water partition coefficient (Wildman–Crippen LogP) is 1.80. The highest BCUT2D eigenvalue weighted by Crippen LogP contribution is 2.19. The van der Waals surface area contributed by atoms with E-state index < -0.39 is 0 Å². The Morgan fingerprint density at radius 1 is 1.41 bits per heavy atom. The molecule has 2 heterocycles. The number of fused-ring (bicyclic) bond motifs is 1. The van der Waals surface area contributed by atoms with E-state index in [2.05, 4.69) is 10.3 Å². The van der Waals surface area contributed by atoms with E-state index >= 15 is 0 Å². The molecular formula is C17H24N4O. The molecule has 2 aromatic rings. The molecule has 5 nitrogen and oxygen atoms in total. The summed E-state index contributed by atoms with van der Waals surface area (Å²) in [6, 6.07) is 8.00. The summed E-state index contributed by atoms with van der Waals surface area (Å²) in [5, 5.41) is 3.22. The zero-order valence-corrected chi connectivity index (χ0v) is 13.4. The van der Waals surface area contributed by atoms with Crippen LogP contribution in [0.4, 0.5) is 0 Å². The number of para-hydroxylation sites is 2. The molecule has 0 bridgehead atoms. The molecule has 3 rings (SSSR count). The summed E-state index contributed by atoms with van der Waals surface area (Å²) >= 11 is 0. The minimum atomic E-state index is 0.201. The van der Waals surface area contributed by atoms with Crippen molar-refractivity contribution in [3.8, 4) is 0 Å². The van der Waals surface area contributed by atoms with Crippen molar-refractivity contribution in [2.75, 3.05) is 26.7 Å². The number of aromatic nitrogens is 2. The molecule has 0 radical (unpaired) electrons. The monoisotopic (exact) mass is 300 g/mol. The Morgan fingerprint density at radius 3 is 3.05 bits per heavy atom. The molecule has 1 atom stereocenters. The first kappa shape index (κ1) is 15.0. The molecule has 1 fully saturated rings. The van der Waals surface area contributed by atoms with Crippen molar-refractivity contribution >= 4 is 16.9 Å². The summed E-state index contributed by atoms with van der Waals surface area (Å²) < 4.78 is 2.03. The molecule has 22 heavy (non-hydrogen) atoms. The fraction of sp³-hybridized carbons (Fsp3) is 0.529. The third kappa shape index (κ3) is 2.99. The van der Waals surface area contributed by atoms with Crippen LogP contribution < -0.4 is 5.32 Å². The van der Waals surface area contributed by atoms with Crippen LogP contribution in [0.15, 0.2) is 24.3 Å². The maximum absolute atomic E-state index is 12.7. The van der Waals surface area contributed by atoms with Gasteiger partial charge in [-0.25, -0.2) is 4.98 Å². The van der Waals surface area contributed by atoms with Gasteiger partial charge in [0.05, 0.1) is 11.0 Å². The first-order chi connectivity index (χ1) is 10.7. The van der Waals surface area contributed by atoms with Crippen molar-refractivity contribution in [1.82, 2.24) is 19.8 Å². The molecule has 1 aromatic carbocycles. The molecule has 118 valence electrons. The third-order valence-electron chi connectivity index (χ3n) is 4.50. The summed E-state index contributed by atoms with van der Waals surface area (Å²) in [6.07, 6.45) is 2.30. The van der Waals surface area contributed by atoms with Gasteiger partial charge in [0.1, 0.15) is 12.4 Å². The van der Waals surface area contributed by atoms with E-state index in [1.165, 1.54) is 6.42 Å². The quantitative estimate of drug-likeness (QED) is 0.937. The van der Waals surface area contributed by atoms with Gasteiger partial charge < -0.3 is 14.8 Å². The number of rotatable bonds is 4. The average Bonchev–Trinajstić information content (AvgIpc) is 2.84. The molecular weight excluding hydrogens is 276 g/mol. The Balaban J connectivity index is 1.74. The van der Waals surface area contributed by atoms with E-state index in [9.17, 15) is 4.79 Å². The highest BCUT2D eigenvalue weighted by atomic mass is 16.2. The number of piperidine rings is 1. The molecule has 0 saturated carbocycles. The second-order valence-corrected chi connectivity index (χ2v) is 6.14. The number of carbonyl (C=O) groups excluding carboxylic acids is 1. The second kappa shape index (κ2) is 6.48. The number of aryl methyl sites for hydroxylation is 1. The first-order valence-corrected chi connectivity index (χ1v) is 8.03. The number of hydrogen-bond donors (Lipinski definition) is 1. The summed E-state index contributed by atoms with van der Waals surface area (Å²) in [6.45, 7) is 5.08. The van der Waals surface area contributed by atoms with Gasteiger partial charge in [-0.15, -0.1) is 0 Å². The lowest BCUT2D eigenvalue weighted by atomic mass is 9.98. The van der Waals surface area contributed by atoms with Crippen LogP contribution in [0.2, 0.25) is 0 Å². The van der Waals surface area contributed by atoms with Crippen molar-refractivity contribution in [3.63, 3.8) is 0 Å². The largest absolute Gasteiger partial charge is 0.341 e. The van der Waals surface area contributed by atoms with Gasteiger partial charge in [0.2, 0.25) is 5.91 Å². The predicted molar refractivity (Wildman–Crippen MR) is 87.7 cm³/mol. The molecule has 1 N–H and O–H groups in total. The van der Waals surface area contributed by atoms with Crippen LogP contribution in [0.3, 0.4) is 0 Å². The lowest BCUT2D eigenvalue weighted by molar-refractivity contribution is -0.133. The van der Waals surface area contributed by atoms with Crippen LogP contribution in [0.5, 0.6) is 0 Å². The lowest BCUT2D eigenvalue weighted by Gasteiger charge is -2.33. The van der Waals surface area contributed by atoms with Crippen LogP contribution >= 0.6 is 0 Å². The van der Waals surface area contributed by atoms with E-state index in [4.69, 9.17) is 0 Å². The number of imidazole rings is 1. The highest BCUT2D eigenvalue weighted by molar-refractivity contribution is 5.81. The molecule has 1 saturated heterocycles. The Kier molecular flexibility index (Phi) is 4.43. The summed E-state index contributed by atoms with van der Waals surface area (Å²) in [5.41, 5.74) is 2.00. The normalized spacial score (nSPS) is 18.8. The summed E-state index contributed by atoms with van der Waals surface area (Å²) in [4.78, 5) is 19.2.